The highest BCUT2D eigenvalue weighted by Gasteiger charge is 2.18. The van der Waals surface area contributed by atoms with Gasteiger partial charge >= 0.3 is 0 Å². The highest BCUT2D eigenvalue weighted by atomic mass is 32.2. The van der Waals surface area contributed by atoms with Crippen molar-refractivity contribution in [2.75, 3.05) is 12.9 Å². The van der Waals surface area contributed by atoms with Crippen LogP contribution in [-0.2, 0) is 4.84 Å². The van der Waals surface area contributed by atoms with E-state index in [9.17, 15) is 0 Å². The van der Waals surface area contributed by atoms with Gasteiger partial charge in [0, 0.05) is 16.2 Å². The smallest absolute Gasteiger partial charge is 0.106 e. The molecule has 0 bridgehead atoms. The van der Waals surface area contributed by atoms with Crippen LogP contribution in [-0.4, -0.2) is 18.6 Å². The normalized spacial score (nSPS) is 17.5. The van der Waals surface area contributed by atoms with E-state index in [4.69, 9.17) is 4.84 Å². The average Bonchev–Trinajstić information content (AvgIpc) is 2.49. The van der Waals surface area contributed by atoms with Gasteiger partial charge in [0.25, 0.3) is 0 Å². The van der Waals surface area contributed by atoms with Gasteiger partial charge < -0.3 is 4.84 Å². The van der Waals surface area contributed by atoms with Crippen molar-refractivity contribution in [3.05, 3.63) is 29.3 Å². The van der Waals surface area contributed by atoms with E-state index in [0.717, 1.165) is 11.5 Å². The lowest BCUT2D eigenvalue weighted by molar-refractivity contribution is 0.213. The van der Waals surface area contributed by atoms with E-state index in [0.29, 0.717) is 0 Å². The predicted octanol–water partition coefficient (Wildman–Crippen LogP) is 2.45. The van der Waals surface area contributed by atoms with E-state index < -0.39 is 0 Å². The summed E-state index contributed by atoms with van der Waals surface area (Å²) in [4.78, 5) is 6.10. The molecular weight excluding hydrogens is 182 g/mol. The first kappa shape index (κ1) is 8.63. The molecule has 0 aromatic heterocycles. The van der Waals surface area contributed by atoms with Gasteiger partial charge in [-0.2, -0.15) is 0 Å². The Kier molecular flexibility index (Phi) is 2.27. The van der Waals surface area contributed by atoms with Crippen molar-refractivity contribution in [2.45, 2.75) is 11.8 Å². The van der Waals surface area contributed by atoms with E-state index in [1.54, 1.807) is 7.11 Å². The van der Waals surface area contributed by atoms with Crippen molar-refractivity contribution in [1.82, 2.24) is 0 Å². The Morgan fingerprint density at radius 3 is 3.08 bits per heavy atom. The number of hydrogen-bond acceptors (Lipinski definition) is 3. The maximum Gasteiger partial charge on any atom is 0.106 e. The van der Waals surface area contributed by atoms with Crippen LogP contribution in [0.15, 0.2) is 28.3 Å². The second-order valence-corrected chi connectivity index (χ2v) is 4.03. The van der Waals surface area contributed by atoms with Crippen molar-refractivity contribution in [3.63, 3.8) is 0 Å². The van der Waals surface area contributed by atoms with Crippen LogP contribution in [0.25, 0.3) is 0 Å². The van der Waals surface area contributed by atoms with Crippen LogP contribution in [0.4, 0.5) is 0 Å². The fourth-order valence-corrected chi connectivity index (χ4v) is 2.40. The third-order valence-corrected chi connectivity index (χ3v) is 3.10. The fraction of sp³-hybridized carbons (Fsp3) is 0.300. The molecular formula is C10H11NOS. The maximum absolute atomic E-state index is 4.80. The van der Waals surface area contributed by atoms with Crippen LogP contribution in [0.3, 0.4) is 0 Å². The molecule has 1 aliphatic heterocycles. The second kappa shape index (κ2) is 3.42. The Hall–Kier alpha value is -0.960. The Labute approximate surface area is 82.0 Å². The fourth-order valence-electron chi connectivity index (χ4n) is 1.40. The number of fused-ring (bicyclic) bond motifs is 1. The lowest BCUT2D eigenvalue weighted by Gasteiger charge is -1.99. The third kappa shape index (κ3) is 1.56. The zero-order valence-corrected chi connectivity index (χ0v) is 8.52. The van der Waals surface area contributed by atoms with Crippen LogP contribution in [0.1, 0.15) is 11.1 Å². The van der Waals surface area contributed by atoms with Gasteiger partial charge in [-0.15, -0.1) is 11.8 Å². The summed E-state index contributed by atoms with van der Waals surface area (Å²) in [6.45, 7) is 2.09. The molecule has 0 radical (unpaired) electrons. The minimum absolute atomic E-state index is 0.923. The van der Waals surface area contributed by atoms with Gasteiger partial charge in [0.15, 0.2) is 0 Å². The topological polar surface area (TPSA) is 21.6 Å². The molecule has 13 heavy (non-hydrogen) atoms. The van der Waals surface area contributed by atoms with Crippen molar-refractivity contribution < 1.29 is 4.84 Å². The minimum atomic E-state index is 0.923. The zero-order valence-electron chi connectivity index (χ0n) is 7.70. The van der Waals surface area contributed by atoms with Crippen molar-refractivity contribution in [1.29, 1.82) is 0 Å². The molecule has 0 spiro atoms. The summed E-state index contributed by atoms with van der Waals surface area (Å²) in [5.41, 5.74) is 3.54. The van der Waals surface area contributed by atoms with Crippen molar-refractivity contribution in [2.24, 2.45) is 5.16 Å². The van der Waals surface area contributed by atoms with Gasteiger partial charge in [0.1, 0.15) is 7.11 Å². The summed E-state index contributed by atoms with van der Waals surface area (Å²) in [6.07, 6.45) is 0. The predicted molar refractivity (Wildman–Crippen MR) is 55.4 cm³/mol. The van der Waals surface area contributed by atoms with Crippen molar-refractivity contribution >= 4 is 17.5 Å². The van der Waals surface area contributed by atoms with E-state index in [-0.39, 0.29) is 0 Å². The van der Waals surface area contributed by atoms with Gasteiger partial charge in [-0.25, -0.2) is 0 Å². The van der Waals surface area contributed by atoms with E-state index in [1.807, 2.05) is 11.8 Å². The van der Waals surface area contributed by atoms with Gasteiger partial charge in [0.2, 0.25) is 0 Å². The summed E-state index contributed by atoms with van der Waals surface area (Å²) in [5, 5.41) is 4.00. The first-order valence-corrected chi connectivity index (χ1v) is 5.13. The Morgan fingerprint density at radius 1 is 1.46 bits per heavy atom. The minimum Gasteiger partial charge on any atom is -0.399 e. The molecule has 0 saturated carbocycles. The molecule has 0 amide bonds. The van der Waals surface area contributed by atoms with Crippen LogP contribution in [0, 0.1) is 6.92 Å². The van der Waals surface area contributed by atoms with Crippen LogP contribution in [0.2, 0.25) is 0 Å². The molecule has 1 aromatic carbocycles. The monoisotopic (exact) mass is 193 g/mol. The molecule has 68 valence electrons. The molecule has 3 heteroatoms. The highest BCUT2D eigenvalue weighted by molar-refractivity contribution is 8.00. The Morgan fingerprint density at radius 2 is 2.31 bits per heavy atom. The van der Waals surface area contributed by atoms with E-state index >= 15 is 0 Å². The summed E-state index contributed by atoms with van der Waals surface area (Å²) < 4.78 is 0. The number of nitrogens with zero attached hydrogens (tertiary/aromatic N) is 1. The molecule has 0 saturated heterocycles. The summed E-state index contributed by atoms with van der Waals surface area (Å²) >= 11 is 1.81. The summed E-state index contributed by atoms with van der Waals surface area (Å²) in [5.74, 6) is 0.923. The van der Waals surface area contributed by atoms with Gasteiger partial charge in [-0.3, -0.25) is 0 Å². The summed E-state index contributed by atoms with van der Waals surface area (Å²) in [6, 6.07) is 6.43. The molecule has 0 atom stereocenters. The van der Waals surface area contributed by atoms with Crippen LogP contribution < -0.4 is 0 Å². The molecule has 0 unspecified atom stereocenters. The van der Waals surface area contributed by atoms with E-state index in [2.05, 4.69) is 30.3 Å². The first-order chi connectivity index (χ1) is 6.31. The van der Waals surface area contributed by atoms with Gasteiger partial charge in [0.05, 0.1) is 5.71 Å². The molecule has 0 aliphatic carbocycles. The number of thioether (sulfide) groups is 1. The maximum atomic E-state index is 4.80. The third-order valence-electron chi connectivity index (χ3n) is 2.01. The number of rotatable bonds is 1. The summed E-state index contributed by atoms with van der Waals surface area (Å²) in [7, 11) is 1.59. The molecule has 0 N–H and O–H groups in total. The van der Waals surface area contributed by atoms with Gasteiger partial charge in [-0.05, 0) is 19.1 Å². The van der Waals surface area contributed by atoms with Crippen LogP contribution >= 0.6 is 11.8 Å². The second-order valence-electron chi connectivity index (χ2n) is 3.01. The number of oxime groups is 1. The average molecular weight is 193 g/mol. The van der Waals surface area contributed by atoms with Crippen LogP contribution in [0.5, 0.6) is 0 Å². The molecule has 1 aliphatic rings. The molecule has 1 heterocycles. The number of hydrogen-bond donors (Lipinski definition) is 0. The Balaban J connectivity index is 2.46. The first-order valence-electron chi connectivity index (χ1n) is 4.15. The number of aryl methyl sites for hydroxylation is 1. The SMILES string of the molecule is CO/N=C1/CSc2ccc(C)cc21. The Bertz CT molecular complexity index is 360. The quantitative estimate of drug-likeness (QED) is 0.639. The lowest BCUT2D eigenvalue weighted by atomic mass is 10.1. The molecule has 1 aromatic rings. The molecule has 2 rings (SSSR count). The highest BCUT2D eigenvalue weighted by Crippen LogP contribution is 2.32. The molecule has 0 fully saturated rings. The largest absolute Gasteiger partial charge is 0.399 e. The zero-order chi connectivity index (χ0) is 9.26. The standard InChI is InChI=1S/C10H11NOS/c1-7-3-4-10-8(5-7)9(6-13-10)11-12-2/h3-5H,6H2,1-2H3/b11-9-. The lowest BCUT2D eigenvalue weighted by Crippen LogP contribution is -1.99. The number of benzene rings is 1. The molecule has 2 nitrogen and oxygen atoms in total. The van der Waals surface area contributed by atoms with Gasteiger partial charge in [-0.1, -0.05) is 16.8 Å². The van der Waals surface area contributed by atoms with E-state index in [1.165, 1.54) is 16.0 Å². The van der Waals surface area contributed by atoms with Crippen molar-refractivity contribution in [3.8, 4) is 0 Å².